The molecule has 1 atom stereocenters. The molecule has 2 nitrogen and oxygen atoms in total. The SMILES string of the molecule is CCCOP(C)(=S)OC(c1ccccc1)c1ccccc1. The molecule has 0 amide bonds. The Labute approximate surface area is 132 Å². The summed E-state index contributed by atoms with van der Waals surface area (Å²) >= 11 is 5.55. The summed E-state index contributed by atoms with van der Waals surface area (Å²) in [6, 6.07) is 20.3. The van der Waals surface area contributed by atoms with Crippen molar-refractivity contribution in [1.82, 2.24) is 0 Å². The fourth-order valence-corrected chi connectivity index (χ4v) is 3.73. The van der Waals surface area contributed by atoms with Crippen LogP contribution in [0.1, 0.15) is 30.6 Å². The van der Waals surface area contributed by atoms with Crippen molar-refractivity contribution in [2.45, 2.75) is 19.4 Å². The molecule has 0 heterocycles. The van der Waals surface area contributed by atoms with E-state index in [1.54, 1.807) is 0 Å². The molecule has 0 N–H and O–H groups in total. The molecule has 0 aromatic heterocycles. The van der Waals surface area contributed by atoms with Gasteiger partial charge in [-0.25, -0.2) is 0 Å². The predicted molar refractivity (Wildman–Crippen MR) is 92.3 cm³/mol. The highest BCUT2D eigenvalue weighted by molar-refractivity contribution is 8.09. The number of hydrogen-bond donors (Lipinski definition) is 0. The molecule has 0 bridgehead atoms. The highest BCUT2D eigenvalue weighted by Crippen LogP contribution is 2.50. The third kappa shape index (κ3) is 5.05. The largest absolute Gasteiger partial charge is 0.329 e. The van der Waals surface area contributed by atoms with Crippen LogP contribution >= 0.6 is 6.49 Å². The van der Waals surface area contributed by atoms with E-state index in [1.165, 1.54) is 0 Å². The zero-order valence-corrected chi connectivity index (χ0v) is 14.1. The Bertz CT molecular complexity index is 547. The average Bonchev–Trinajstić information content (AvgIpc) is 2.52. The van der Waals surface area contributed by atoms with Gasteiger partial charge in [-0.2, -0.15) is 0 Å². The van der Waals surface area contributed by atoms with E-state index in [2.05, 4.69) is 31.2 Å². The van der Waals surface area contributed by atoms with Gasteiger partial charge in [0.2, 0.25) is 0 Å². The van der Waals surface area contributed by atoms with Gasteiger partial charge in [0.05, 0.1) is 6.61 Å². The Morgan fingerprint density at radius 3 is 1.86 bits per heavy atom. The molecule has 0 aliphatic heterocycles. The van der Waals surface area contributed by atoms with Gasteiger partial charge in [0.25, 0.3) is 0 Å². The molecule has 112 valence electrons. The monoisotopic (exact) mass is 320 g/mol. The van der Waals surface area contributed by atoms with E-state index >= 15 is 0 Å². The van der Waals surface area contributed by atoms with Gasteiger partial charge in [-0.1, -0.05) is 67.6 Å². The summed E-state index contributed by atoms with van der Waals surface area (Å²) in [5.41, 5.74) is 2.19. The second kappa shape index (κ2) is 7.86. The second-order valence-electron chi connectivity index (χ2n) is 4.91. The summed E-state index contributed by atoms with van der Waals surface area (Å²) < 4.78 is 12.0. The molecule has 2 rings (SSSR count). The zero-order chi connectivity index (χ0) is 15.1. The van der Waals surface area contributed by atoms with E-state index in [0.29, 0.717) is 6.61 Å². The summed E-state index contributed by atoms with van der Waals surface area (Å²) in [6.07, 6.45) is 0.761. The van der Waals surface area contributed by atoms with E-state index in [4.69, 9.17) is 20.9 Å². The molecule has 1 unspecified atom stereocenters. The molecule has 2 aromatic carbocycles. The first-order valence-corrected chi connectivity index (χ1v) is 10.2. The smallest absolute Gasteiger partial charge is 0.186 e. The molecule has 0 fully saturated rings. The van der Waals surface area contributed by atoms with E-state index in [1.807, 2.05) is 43.1 Å². The van der Waals surface area contributed by atoms with Gasteiger partial charge in [0.1, 0.15) is 6.10 Å². The van der Waals surface area contributed by atoms with Crippen LogP contribution in [0.5, 0.6) is 0 Å². The van der Waals surface area contributed by atoms with Gasteiger partial charge in [0.15, 0.2) is 6.49 Å². The van der Waals surface area contributed by atoms with Crippen LogP contribution in [-0.4, -0.2) is 13.3 Å². The average molecular weight is 320 g/mol. The van der Waals surface area contributed by atoms with Crippen LogP contribution in [0.25, 0.3) is 0 Å². The van der Waals surface area contributed by atoms with Crippen molar-refractivity contribution in [2.24, 2.45) is 0 Å². The fourth-order valence-electron chi connectivity index (χ4n) is 2.05. The molecular weight excluding hydrogens is 299 g/mol. The Kier molecular flexibility index (Phi) is 6.13. The predicted octanol–water partition coefficient (Wildman–Crippen LogP) is 5.16. The van der Waals surface area contributed by atoms with E-state index < -0.39 is 6.49 Å². The minimum Gasteiger partial charge on any atom is -0.329 e. The van der Waals surface area contributed by atoms with Gasteiger partial charge in [-0.3, -0.25) is 0 Å². The lowest BCUT2D eigenvalue weighted by Gasteiger charge is -2.25. The summed E-state index contributed by atoms with van der Waals surface area (Å²) in [6.45, 7) is 2.35. The second-order valence-corrected chi connectivity index (χ2v) is 8.91. The molecule has 2 aromatic rings. The lowest BCUT2D eigenvalue weighted by atomic mass is 10.0. The molecular formula is C17H21O2PS. The van der Waals surface area contributed by atoms with Crippen LogP contribution in [0, 0.1) is 0 Å². The maximum absolute atomic E-state index is 6.22. The van der Waals surface area contributed by atoms with E-state index in [0.717, 1.165) is 17.5 Å². The Hall–Kier alpha value is -0.990. The maximum atomic E-state index is 6.22. The van der Waals surface area contributed by atoms with Crippen molar-refractivity contribution < 1.29 is 9.05 Å². The molecule has 0 saturated heterocycles. The van der Waals surface area contributed by atoms with Crippen LogP contribution in [0.15, 0.2) is 60.7 Å². The van der Waals surface area contributed by atoms with Crippen molar-refractivity contribution in [3.8, 4) is 0 Å². The molecule has 0 radical (unpaired) electrons. The number of rotatable bonds is 7. The van der Waals surface area contributed by atoms with Gasteiger partial charge >= 0.3 is 0 Å². The highest BCUT2D eigenvalue weighted by atomic mass is 32.5. The first-order valence-electron chi connectivity index (χ1n) is 7.13. The summed E-state index contributed by atoms with van der Waals surface area (Å²) in [7, 11) is 0. The van der Waals surface area contributed by atoms with Crippen molar-refractivity contribution in [2.75, 3.05) is 13.3 Å². The van der Waals surface area contributed by atoms with Crippen molar-refractivity contribution in [3.05, 3.63) is 71.8 Å². The lowest BCUT2D eigenvalue weighted by Crippen LogP contribution is -2.06. The van der Waals surface area contributed by atoms with Crippen LogP contribution in [0.4, 0.5) is 0 Å². The maximum Gasteiger partial charge on any atom is 0.186 e. The minimum atomic E-state index is -2.26. The first kappa shape index (κ1) is 16.4. The van der Waals surface area contributed by atoms with Crippen molar-refractivity contribution in [1.29, 1.82) is 0 Å². The van der Waals surface area contributed by atoms with Crippen LogP contribution in [0.2, 0.25) is 0 Å². The molecule has 21 heavy (non-hydrogen) atoms. The molecule has 0 aliphatic carbocycles. The third-order valence-electron chi connectivity index (χ3n) is 3.03. The topological polar surface area (TPSA) is 18.5 Å². The summed E-state index contributed by atoms with van der Waals surface area (Å²) in [5, 5.41) is 0. The Morgan fingerprint density at radius 2 is 1.43 bits per heavy atom. The Balaban J connectivity index is 2.27. The lowest BCUT2D eigenvalue weighted by molar-refractivity contribution is 0.209. The minimum absolute atomic E-state index is 0.180. The molecule has 0 saturated carbocycles. The zero-order valence-electron chi connectivity index (χ0n) is 12.4. The quantitative estimate of drug-likeness (QED) is 0.657. The van der Waals surface area contributed by atoms with Crippen LogP contribution in [0.3, 0.4) is 0 Å². The van der Waals surface area contributed by atoms with Crippen molar-refractivity contribution in [3.63, 3.8) is 0 Å². The van der Waals surface area contributed by atoms with Gasteiger partial charge in [-0.05, 0) is 29.4 Å². The molecule has 0 aliphatic rings. The van der Waals surface area contributed by atoms with Crippen molar-refractivity contribution >= 4 is 18.3 Å². The van der Waals surface area contributed by atoms with Crippen LogP contribution in [-0.2, 0) is 20.9 Å². The van der Waals surface area contributed by atoms with Gasteiger partial charge < -0.3 is 9.05 Å². The third-order valence-corrected chi connectivity index (χ3v) is 4.85. The summed E-state index contributed by atoms with van der Waals surface area (Å²) in [5.74, 6) is 0. The Morgan fingerprint density at radius 1 is 0.952 bits per heavy atom. The van der Waals surface area contributed by atoms with Gasteiger partial charge in [-0.15, -0.1) is 0 Å². The normalized spacial score (nSPS) is 14.0. The van der Waals surface area contributed by atoms with E-state index in [9.17, 15) is 0 Å². The van der Waals surface area contributed by atoms with E-state index in [-0.39, 0.29) is 6.10 Å². The first-order chi connectivity index (χ1) is 10.1. The van der Waals surface area contributed by atoms with Crippen LogP contribution < -0.4 is 0 Å². The standard InChI is InChI=1S/C17H21O2PS/c1-3-14-18-20(2,21)19-17(15-10-6-4-7-11-15)16-12-8-5-9-13-16/h4-13,17H,3,14H2,1-2H3. The summed E-state index contributed by atoms with van der Waals surface area (Å²) in [4.78, 5) is 0. The molecule has 4 heteroatoms. The molecule has 0 spiro atoms. The highest BCUT2D eigenvalue weighted by Gasteiger charge is 2.22. The van der Waals surface area contributed by atoms with Gasteiger partial charge in [0, 0.05) is 6.66 Å². The number of benzene rings is 2. The fraction of sp³-hybridized carbons (Fsp3) is 0.294. The number of hydrogen-bond acceptors (Lipinski definition) is 3.